The van der Waals surface area contributed by atoms with Crippen molar-refractivity contribution in [3.8, 4) is 11.5 Å². The standard InChI is InChI=1S/C38H42O6/c1-37(2,3)29-17-13-27(14-18-29)33(35(39)40)43-31-21-9-25(10-22-31)7-8-26-11-23-32(24-12-26)44-34(36(41)42)28-15-19-30(20-16-28)38(4,5)6/h9-24,33-34H,7-8H2,1-6H3,(H,39,40)(H,41,42). The van der Waals surface area contributed by atoms with Crippen LogP contribution in [0.15, 0.2) is 97.1 Å². The molecule has 0 amide bonds. The highest BCUT2D eigenvalue weighted by Gasteiger charge is 2.24. The number of benzene rings is 4. The monoisotopic (exact) mass is 594 g/mol. The summed E-state index contributed by atoms with van der Waals surface area (Å²) in [7, 11) is 0. The predicted molar refractivity (Wildman–Crippen MR) is 173 cm³/mol. The molecular formula is C38H42O6. The van der Waals surface area contributed by atoms with Crippen molar-refractivity contribution in [1.29, 1.82) is 0 Å². The molecule has 2 N–H and O–H groups in total. The van der Waals surface area contributed by atoms with E-state index in [0.29, 0.717) is 22.6 Å². The Morgan fingerprint density at radius 3 is 1.07 bits per heavy atom. The van der Waals surface area contributed by atoms with E-state index in [1.54, 1.807) is 24.3 Å². The van der Waals surface area contributed by atoms with Crippen LogP contribution in [-0.2, 0) is 33.3 Å². The van der Waals surface area contributed by atoms with Gasteiger partial charge in [0.1, 0.15) is 11.5 Å². The molecule has 0 spiro atoms. The second kappa shape index (κ2) is 13.4. The van der Waals surface area contributed by atoms with Gasteiger partial charge in [0.05, 0.1) is 0 Å². The van der Waals surface area contributed by atoms with Gasteiger partial charge < -0.3 is 19.7 Å². The second-order valence-electron chi connectivity index (χ2n) is 13.2. The van der Waals surface area contributed by atoms with Crippen molar-refractivity contribution < 1.29 is 29.3 Å². The average molecular weight is 595 g/mol. The Morgan fingerprint density at radius 2 is 0.818 bits per heavy atom. The van der Waals surface area contributed by atoms with Gasteiger partial charge in [-0.1, -0.05) is 114 Å². The van der Waals surface area contributed by atoms with Crippen LogP contribution >= 0.6 is 0 Å². The molecule has 0 aliphatic carbocycles. The summed E-state index contributed by atoms with van der Waals surface area (Å²) in [5.41, 5.74) is 5.57. The second-order valence-corrected chi connectivity index (χ2v) is 13.2. The van der Waals surface area contributed by atoms with E-state index in [4.69, 9.17) is 9.47 Å². The Bertz CT molecular complexity index is 1420. The first-order chi connectivity index (χ1) is 20.7. The van der Waals surface area contributed by atoms with Crippen molar-refractivity contribution >= 4 is 11.9 Å². The smallest absolute Gasteiger partial charge is 0.349 e. The van der Waals surface area contributed by atoms with Crippen molar-refractivity contribution in [2.75, 3.05) is 0 Å². The molecule has 0 radical (unpaired) electrons. The maximum absolute atomic E-state index is 12.0. The van der Waals surface area contributed by atoms with Crippen molar-refractivity contribution in [1.82, 2.24) is 0 Å². The van der Waals surface area contributed by atoms with Crippen LogP contribution in [0.3, 0.4) is 0 Å². The van der Waals surface area contributed by atoms with Gasteiger partial charge in [0, 0.05) is 11.1 Å². The summed E-state index contributed by atoms with van der Waals surface area (Å²) in [4.78, 5) is 24.0. The first-order valence-electron chi connectivity index (χ1n) is 14.9. The fourth-order valence-electron chi connectivity index (χ4n) is 4.87. The maximum Gasteiger partial charge on any atom is 0.349 e. The Balaban J connectivity index is 1.34. The van der Waals surface area contributed by atoms with Crippen LogP contribution in [0, 0.1) is 0 Å². The fourth-order valence-corrected chi connectivity index (χ4v) is 4.87. The number of hydrogen-bond donors (Lipinski definition) is 2. The van der Waals surface area contributed by atoms with E-state index >= 15 is 0 Å². The van der Waals surface area contributed by atoms with Crippen LogP contribution in [0.4, 0.5) is 0 Å². The first kappa shape index (κ1) is 32.3. The molecule has 0 bridgehead atoms. The quantitative estimate of drug-likeness (QED) is 0.181. The van der Waals surface area contributed by atoms with Crippen molar-refractivity contribution in [3.63, 3.8) is 0 Å². The minimum Gasteiger partial charge on any atom is -0.478 e. The largest absolute Gasteiger partial charge is 0.478 e. The molecular weight excluding hydrogens is 552 g/mol. The summed E-state index contributed by atoms with van der Waals surface area (Å²) < 4.78 is 11.7. The molecule has 0 saturated heterocycles. The Labute approximate surface area is 260 Å². The molecule has 44 heavy (non-hydrogen) atoms. The minimum absolute atomic E-state index is 0.0213. The molecule has 4 rings (SSSR count). The number of carboxylic acids is 2. The Kier molecular flexibility index (Phi) is 9.83. The number of rotatable bonds is 11. The molecule has 0 aliphatic heterocycles. The van der Waals surface area contributed by atoms with Gasteiger partial charge >= 0.3 is 11.9 Å². The first-order valence-corrected chi connectivity index (χ1v) is 14.9. The van der Waals surface area contributed by atoms with Gasteiger partial charge in [-0.05, 0) is 70.2 Å². The number of carboxylic acid groups (broad SMARTS) is 2. The van der Waals surface area contributed by atoms with Gasteiger partial charge in [-0.25, -0.2) is 9.59 Å². The number of carbonyl (C=O) groups is 2. The van der Waals surface area contributed by atoms with E-state index in [2.05, 4.69) is 41.5 Å². The molecule has 0 saturated carbocycles. The van der Waals surface area contributed by atoms with Crippen LogP contribution in [0.1, 0.15) is 87.1 Å². The van der Waals surface area contributed by atoms with Crippen LogP contribution in [-0.4, -0.2) is 22.2 Å². The summed E-state index contributed by atoms with van der Waals surface area (Å²) in [5.74, 6) is -1.11. The van der Waals surface area contributed by atoms with Gasteiger partial charge in [-0.15, -0.1) is 0 Å². The van der Waals surface area contributed by atoms with Gasteiger partial charge in [0.15, 0.2) is 0 Å². The lowest BCUT2D eigenvalue weighted by atomic mass is 9.86. The summed E-state index contributed by atoms with van der Waals surface area (Å²) in [6, 6.07) is 30.0. The minimum atomic E-state index is -1.10. The number of hydrogen-bond acceptors (Lipinski definition) is 4. The van der Waals surface area contributed by atoms with Gasteiger partial charge in [0.25, 0.3) is 0 Å². The third kappa shape index (κ3) is 8.50. The van der Waals surface area contributed by atoms with Gasteiger partial charge in [-0.3, -0.25) is 0 Å². The lowest BCUT2D eigenvalue weighted by molar-refractivity contribution is -0.146. The summed E-state index contributed by atoms with van der Waals surface area (Å²) in [5, 5.41) is 19.6. The third-order valence-electron chi connectivity index (χ3n) is 7.66. The highest BCUT2D eigenvalue weighted by Crippen LogP contribution is 2.29. The van der Waals surface area contributed by atoms with Gasteiger partial charge in [0.2, 0.25) is 12.2 Å². The molecule has 6 nitrogen and oxygen atoms in total. The van der Waals surface area contributed by atoms with E-state index in [1.165, 1.54) is 0 Å². The fraction of sp³-hybridized carbons (Fsp3) is 0.316. The van der Waals surface area contributed by atoms with E-state index < -0.39 is 24.1 Å². The number of aryl methyl sites for hydroxylation is 2. The van der Waals surface area contributed by atoms with Crippen LogP contribution < -0.4 is 9.47 Å². The zero-order chi connectivity index (χ0) is 32.1. The highest BCUT2D eigenvalue weighted by molar-refractivity contribution is 5.75. The zero-order valence-electron chi connectivity index (χ0n) is 26.3. The van der Waals surface area contributed by atoms with Crippen LogP contribution in [0.2, 0.25) is 0 Å². The van der Waals surface area contributed by atoms with Crippen molar-refractivity contribution in [2.24, 2.45) is 0 Å². The topological polar surface area (TPSA) is 93.1 Å². The van der Waals surface area contributed by atoms with Gasteiger partial charge in [-0.2, -0.15) is 0 Å². The average Bonchev–Trinajstić information content (AvgIpc) is 2.98. The SMILES string of the molecule is CC(C)(C)c1ccc(C(Oc2ccc(CCc3ccc(OC(C(=O)O)c4ccc(C(C)(C)C)cc4)cc3)cc2)C(=O)O)cc1. The summed E-state index contributed by atoms with van der Waals surface area (Å²) in [6.07, 6.45) is -0.650. The maximum atomic E-state index is 12.0. The van der Waals surface area contributed by atoms with Crippen LogP contribution in [0.5, 0.6) is 11.5 Å². The number of ether oxygens (including phenoxy) is 2. The molecule has 230 valence electrons. The Hall–Kier alpha value is -4.58. The molecule has 2 unspecified atom stereocenters. The summed E-state index contributed by atoms with van der Waals surface area (Å²) in [6.45, 7) is 12.7. The molecule has 0 aromatic heterocycles. The highest BCUT2D eigenvalue weighted by atomic mass is 16.5. The normalized spacial score (nSPS) is 13.1. The Morgan fingerprint density at radius 1 is 0.523 bits per heavy atom. The van der Waals surface area contributed by atoms with E-state index in [9.17, 15) is 19.8 Å². The summed E-state index contributed by atoms with van der Waals surface area (Å²) >= 11 is 0. The number of aliphatic carboxylic acids is 2. The molecule has 0 aliphatic rings. The molecule has 0 heterocycles. The predicted octanol–water partition coefficient (Wildman–Crippen LogP) is 8.48. The third-order valence-corrected chi connectivity index (χ3v) is 7.66. The van der Waals surface area contributed by atoms with Crippen LogP contribution in [0.25, 0.3) is 0 Å². The molecule has 0 fully saturated rings. The molecule has 4 aromatic rings. The lowest BCUT2D eigenvalue weighted by Gasteiger charge is -2.21. The van der Waals surface area contributed by atoms with E-state index in [-0.39, 0.29) is 10.8 Å². The molecule has 2 atom stereocenters. The van der Waals surface area contributed by atoms with E-state index in [0.717, 1.165) is 35.1 Å². The van der Waals surface area contributed by atoms with Crippen molar-refractivity contribution in [3.05, 3.63) is 130 Å². The molecule has 6 heteroatoms. The van der Waals surface area contributed by atoms with E-state index in [1.807, 2.05) is 72.8 Å². The molecule has 4 aromatic carbocycles. The van der Waals surface area contributed by atoms with Crippen molar-refractivity contribution in [2.45, 2.75) is 77.4 Å². The lowest BCUT2D eigenvalue weighted by Crippen LogP contribution is -2.19. The zero-order valence-corrected chi connectivity index (χ0v) is 26.3.